The fourth-order valence-electron chi connectivity index (χ4n) is 1.27. The van der Waals surface area contributed by atoms with Crippen molar-refractivity contribution < 1.29 is 9.53 Å². The largest absolute Gasteiger partial charge is 0.465 e. The number of carbonyl (C=O) groups is 1. The van der Waals surface area contributed by atoms with Crippen molar-refractivity contribution in [1.82, 2.24) is 4.98 Å². The highest BCUT2D eigenvalue weighted by molar-refractivity contribution is 7.99. The van der Waals surface area contributed by atoms with Gasteiger partial charge in [-0.2, -0.15) is 0 Å². The Labute approximate surface area is 101 Å². The van der Waals surface area contributed by atoms with Crippen molar-refractivity contribution >= 4 is 17.7 Å². The lowest BCUT2D eigenvalue weighted by molar-refractivity contribution is -0.142. The molecule has 1 aromatic heterocycles. The number of nitrogens with zero attached hydrogens (tertiary/aromatic N) is 1. The van der Waals surface area contributed by atoms with Crippen molar-refractivity contribution in [2.75, 3.05) is 6.61 Å². The Morgan fingerprint density at radius 1 is 1.56 bits per heavy atom. The molecule has 0 aliphatic carbocycles. The summed E-state index contributed by atoms with van der Waals surface area (Å²) >= 11 is 1.61. The quantitative estimate of drug-likeness (QED) is 0.715. The molecule has 16 heavy (non-hydrogen) atoms. The summed E-state index contributed by atoms with van der Waals surface area (Å²) in [7, 11) is 0. The zero-order valence-corrected chi connectivity index (χ0v) is 10.5. The minimum absolute atomic E-state index is 0.0693. The number of carbonyl (C=O) groups excluding carboxylic acids is 1. The van der Waals surface area contributed by atoms with Gasteiger partial charge in [0, 0.05) is 18.1 Å². The molecule has 1 aromatic rings. The first-order valence-electron chi connectivity index (χ1n) is 5.45. The molecule has 88 valence electrons. The Morgan fingerprint density at radius 2 is 2.38 bits per heavy atom. The van der Waals surface area contributed by atoms with E-state index in [2.05, 4.69) is 4.98 Å². The second-order valence-corrected chi connectivity index (χ2v) is 4.51. The van der Waals surface area contributed by atoms with Gasteiger partial charge >= 0.3 is 5.97 Å². The first-order chi connectivity index (χ1) is 7.77. The fourth-order valence-corrected chi connectivity index (χ4v) is 2.27. The molecule has 0 spiro atoms. The van der Waals surface area contributed by atoms with Crippen LogP contribution >= 0.6 is 11.8 Å². The Kier molecular flexibility index (Phi) is 5.93. The lowest BCUT2D eigenvalue weighted by atomic mass is 10.3. The predicted molar refractivity (Wildman–Crippen MR) is 66.2 cm³/mol. The van der Waals surface area contributed by atoms with E-state index in [0.29, 0.717) is 6.61 Å². The molecule has 0 fully saturated rings. The smallest absolute Gasteiger partial charge is 0.319 e. The van der Waals surface area contributed by atoms with Gasteiger partial charge in [-0.15, -0.1) is 11.8 Å². The van der Waals surface area contributed by atoms with Crippen LogP contribution in [-0.2, 0) is 15.3 Å². The van der Waals surface area contributed by atoms with Gasteiger partial charge in [0.1, 0.15) is 5.25 Å². The van der Waals surface area contributed by atoms with Crippen molar-refractivity contribution in [2.45, 2.75) is 31.3 Å². The Hall–Kier alpha value is -1.03. The molecule has 0 amide bonds. The molecular formula is C12H17NO2S. The van der Waals surface area contributed by atoms with Gasteiger partial charge in [0.15, 0.2) is 0 Å². The van der Waals surface area contributed by atoms with Gasteiger partial charge in [-0.3, -0.25) is 9.78 Å². The van der Waals surface area contributed by atoms with Crippen molar-refractivity contribution in [3.8, 4) is 0 Å². The summed E-state index contributed by atoms with van der Waals surface area (Å²) in [6, 6.07) is 3.92. The monoisotopic (exact) mass is 239 g/mol. The maximum atomic E-state index is 11.5. The number of hydrogen-bond donors (Lipinski definition) is 0. The van der Waals surface area contributed by atoms with Crippen LogP contribution in [0.3, 0.4) is 0 Å². The van der Waals surface area contributed by atoms with Gasteiger partial charge in [-0.1, -0.05) is 13.0 Å². The maximum Gasteiger partial charge on any atom is 0.319 e. The van der Waals surface area contributed by atoms with Crippen LogP contribution in [0.4, 0.5) is 0 Å². The average molecular weight is 239 g/mol. The Bertz CT molecular complexity index is 316. The molecule has 0 saturated carbocycles. The Morgan fingerprint density at radius 3 is 2.94 bits per heavy atom. The number of thioether (sulfide) groups is 1. The van der Waals surface area contributed by atoms with E-state index in [0.717, 1.165) is 17.7 Å². The van der Waals surface area contributed by atoms with E-state index in [-0.39, 0.29) is 11.2 Å². The van der Waals surface area contributed by atoms with Crippen LogP contribution < -0.4 is 0 Å². The van der Waals surface area contributed by atoms with E-state index < -0.39 is 0 Å². The number of esters is 1. The molecular weight excluding hydrogens is 222 g/mol. The molecule has 0 aliphatic heterocycles. The minimum atomic E-state index is -0.112. The summed E-state index contributed by atoms with van der Waals surface area (Å²) in [5, 5.41) is -0.0693. The molecule has 4 heteroatoms. The highest BCUT2D eigenvalue weighted by Crippen LogP contribution is 2.20. The first-order valence-corrected chi connectivity index (χ1v) is 6.50. The summed E-state index contributed by atoms with van der Waals surface area (Å²) < 4.78 is 5.01. The van der Waals surface area contributed by atoms with Gasteiger partial charge in [0.05, 0.1) is 6.61 Å². The molecule has 0 aliphatic rings. The van der Waals surface area contributed by atoms with Crippen LogP contribution in [0.2, 0.25) is 0 Å². The SMILES string of the molecule is CCOC(=O)C(CC)SCc1cccnc1. The third kappa shape index (κ3) is 4.23. The summed E-state index contributed by atoms with van der Waals surface area (Å²) in [6.45, 7) is 4.27. The number of rotatable bonds is 6. The van der Waals surface area contributed by atoms with Gasteiger partial charge < -0.3 is 4.74 Å². The summed E-state index contributed by atoms with van der Waals surface area (Å²) in [4.78, 5) is 15.6. The molecule has 3 nitrogen and oxygen atoms in total. The lowest BCUT2D eigenvalue weighted by Crippen LogP contribution is -2.19. The van der Waals surface area contributed by atoms with E-state index in [1.54, 1.807) is 18.0 Å². The lowest BCUT2D eigenvalue weighted by Gasteiger charge is -2.12. The molecule has 1 unspecified atom stereocenters. The predicted octanol–water partition coefficient (Wildman–Crippen LogP) is 2.66. The van der Waals surface area contributed by atoms with Gasteiger partial charge in [0.2, 0.25) is 0 Å². The summed E-state index contributed by atoms with van der Waals surface area (Å²) in [5.74, 6) is 0.685. The minimum Gasteiger partial charge on any atom is -0.465 e. The molecule has 1 heterocycles. The highest BCUT2D eigenvalue weighted by atomic mass is 32.2. The number of pyridine rings is 1. The topological polar surface area (TPSA) is 39.2 Å². The Balaban J connectivity index is 2.43. The van der Waals surface area contributed by atoms with E-state index in [1.165, 1.54) is 0 Å². The molecule has 0 aromatic carbocycles. The number of ether oxygens (including phenoxy) is 1. The van der Waals surface area contributed by atoms with Crippen LogP contribution in [0.25, 0.3) is 0 Å². The second-order valence-electron chi connectivity index (χ2n) is 3.32. The molecule has 0 N–H and O–H groups in total. The number of aromatic nitrogens is 1. The van der Waals surface area contributed by atoms with Crippen molar-refractivity contribution in [3.05, 3.63) is 30.1 Å². The van der Waals surface area contributed by atoms with Gasteiger partial charge in [-0.25, -0.2) is 0 Å². The zero-order valence-electron chi connectivity index (χ0n) is 9.68. The van der Waals surface area contributed by atoms with Crippen LogP contribution in [0.5, 0.6) is 0 Å². The van der Waals surface area contributed by atoms with E-state index in [1.807, 2.05) is 32.2 Å². The van der Waals surface area contributed by atoms with E-state index >= 15 is 0 Å². The maximum absolute atomic E-state index is 11.5. The van der Waals surface area contributed by atoms with Crippen molar-refractivity contribution in [3.63, 3.8) is 0 Å². The third-order valence-corrected chi connectivity index (χ3v) is 3.52. The summed E-state index contributed by atoms with van der Waals surface area (Å²) in [6.07, 6.45) is 4.37. The summed E-state index contributed by atoms with van der Waals surface area (Å²) in [5.41, 5.74) is 1.13. The van der Waals surface area contributed by atoms with Crippen molar-refractivity contribution in [1.29, 1.82) is 0 Å². The molecule has 0 saturated heterocycles. The van der Waals surface area contributed by atoms with Crippen LogP contribution in [0.15, 0.2) is 24.5 Å². The third-order valence-electron chi connectivity index (χ3n) is 2.09. The van der Waals surface area contributed by atoms with Gasteiger partial charge in [0.25, 0.3) is 0 Å². The number of hydrogen-bond acceptors (Lipinski definition) is 4. The van der Waals surface area contributed by atoms with Crippen LogP contribution in [0.1, 0.15) is 25.8 Å². The van der Waals surface area contributed by atoms with Crippen molar-refractivity contribution in [2.24, 2.45) is 0 Å². The second kappa shape index (κ2) is 7.28. The van der Waals surface area contributed by atoms with Gasteiger partial charge in [-0.05, 0) is 25.0 Å². The average Bonchev–Trinajstić information content (AvgIpc) is 2.31. The molecule has 0 bridgehead atoms. The fraction of sp³-hybridized carbons (Fsp3) is 0.500. The molecule has 1 rings (SSSR count). The van der Waals surface area contributed by atoms with Crippen LogP contribution in [0, 0.1) is 0 Å². The van der Waals surface area contributed by atoms with Crippen LogP contribution in [-0.4, -0.2) is 22.8 Å². The molecule has 0 radical (unpaired) electrons. The highest BCUT2D eigenvalue weighted by Gasteiger charge is 2.17. The first kappa shape index (κ1) is 13.0. The van der Waals surface area contributed by atoms with E-state index in [4.69, 9.17) is 4.74 Å². The zero-order chi connectivity index (χ0) is 11.8. The standard InChI is InChI=1S/C12H17NO2S/c1-3-11(12(14)15-4-2)16-9-10-6-5-7-13-8-10/h5-8,11H,3-4,9H2,1-2H3. The van der Waals surface area contributed by atoms with E-state index in [9.17, 15) is 4.79 Å². The molecule has 1 atom stereocenters. The normalized spacial score (nSPS) is 12.1.